The van der Waals surface area contributed by atoms with Crippen molar-refractivity contribution in [2.75, 3.05) is 11.9 Å². The number of fused-ring (bicyclic) bond motifs is 2. The quantitative estimate of drug-likeness (QED) is 0.579. The van der Waals surface area contributed by atoms with E-state index in [9.17, 15) is 4.79 Å². The van der Waals surface area contributed by atoms with Gasteiger partial charge >= 0.3 is 0 Å². The SMILES string of the molecule is O=C1NC(C2CNNC2c2cc3ccccc3o2)Nc2ccccc21. The van der Waals surface area contributed by atoms with Gasteiger partial charge in [0.25, 0.3) is 5.91 Å². The van der Waals surface area contributed by atoms with Gasteiger partial charge in [-0.15, -0.1) is 0 Å². The van der Waals surface area contributed by atoms with E-state index in [1.54, 1.807) is 0 Å². The van der Waals surface area contributed by atoms with Crippen molar-refractivity contribution in [3.63, 3.8) is 0 Å². The van der Waals surface area contributed by atoms with Gasteiger partial charge in [-0.2, -0.15) is 0 Å². The van der Waals surface area contributed by atoms with Crippen molar-refractivity contribution in [1.29, 1.82) is 0 Å². The Hall–Kier alpha value is -2.83. The number of carbonyl (C=O) groups excluding carboxylic acids is 1. The predicted molar refractivity (Wildman–Crippen MR) is 94.9 cm³/mol. The van der Waals surface area contributed by atoms with Gasteiger partial charge in [-0.3, -0.25) is 10.2 Å². The fraction of sp³-hybridized carbons (Fsp3) is 0.211. The van der Waals surface area contributed by atoms with Crippen LogP contribution in [-0.4, -0.2) is 18.6 Å². The lowest BCUT2D eigenvalue weighted by Crippen LogP contribution is -2.51. The molecule has 2 aromatic carbocycles. The monoisotopic (exact) mass is 334 g/mol. The lowest BCUT2D eigenvalue weighted by Gasteiger charge is -2.33. The normalized spacial score (nSPS) is 25.4. The summed E-state index contributed by atoms with van der Waals surface area (Å²) in [6.07, 6.45) is -0.178. The second-order valence-electron chi connectivity index (χ2n) is 6.49. The zero-order valence-corrected chi connectivity index (χ0v) is 13.5. The number of nitrogens with one attached hydrogen (secondary N) is 4. The van der Waals surface area contributed by atoms with E-state index >= 15 is 0 Å². The Labute approximate surface area is 144 Å². The van der Waals surface area contributed by atoms with Crippen LogP contribution < -0.4 is 21.5 Å². The number of carbonyl (C=O) groups is 1. The molecule has 5 rings (SSSR count). The molecule has 0 spiro atoms. The molecule has 0 radical (unpaired) electrons. The lowest BCUT2D eigenvalue weighted by molar-refractivity contribution is 0.0920. The van der Waals surface area contributed by atoms with Crippen LogP contribution in [0.5, 0.6) is 0 Å². The van der Waals surface area contributed by atoms with Crippen molar-refractivity contribution in [1.82, 2.24) is 16.2 Å². The molecule has 25 heavy (non-hydrogen) atoms. The molecule has 4 N–H and O–H groups in total. The van der Waals surface area contributed by atoms with Gasteiger partial charge in [0, 0.05) is 23.5 Å². The van der Waals surface area contributed by atoms with Crippen LogP contribution in [0.1, 0.15) is 22.2 Å². The molecule has 0 saturated carbocycles. The zero-order valence-electron chi connectivity index (χ0n) is 13.5. The highest BCUT2D eigenvalue weighted by molar-refractivity contribution is 6.01. The molecule has 1 fully saturated rings. The van der Waals surface area contributed by atoms with E-state index in [-0.39, 0.29) is 24.0 Å². The zero-order chi connectivity index (χ0) is 16.8. The van der Waals surface area contributed by atoms with Gasteiger partial charge in [0.15, 0.2) is 0 Å². The van der Waals surface area contributed by atoms with Gasteiger partial charge in [-0.05, 0) is 24.3 Å². The highest BCUT2D eigenvalue weighted by Gasteiger charge is 2.39. The number of anilines is 1. The summed E-state index contributed by atoms with van der Waals surface area (Å²) in [6, 6.07) is 17.6. The van der Waals surface area contributed by atoms with Gasteiger partial charge in [0.1, 0.15) is 17.5 Å². The van der Waals surface area contributed by atoms with E-state index < -0.39 is 0 Å². The number of furan rings is 1. The Morgan fingerprint density at radius 3 is 2.76 bits per heavy atom. The summed E-state index contributed by atoms with van der Waals surface area (Å²) in [5.41, 5.74) is 8.90. The van der Waals surface area contributed by atoms with Crippen molar-refractivity contribution < 1.29 is 9.21 Å². The smallest absolute Gasteiger partial charge is 0.254 e. The molecule has 2 aliphatic heterocycles. The third-order valence-corrected chi connectivity index (χ3v) is 4.97. The number of rotatable bonds is 2. The molecular weight excluding hydrogens is 316 g/mol. The second-order valence-corrected chi connectivity index (χ2v) is 6.49. The van der Waals surface area contributed by atoms with E-state index in [0.717, 1.165) is 29.0 Å². The number of hydrogen-bond acceptors (Lipinski definition) is 5. The Morgan fingerprint density at radius 2 is 1.84 bits per heavy atom. The summed E-state index contributed by atoms with van der Waals surface area (Å²) < 4.78 is 6.03. The van der Waals surface area contributed by atoms with Gasteiger partial charge in [0.05, 0.1) is 11.6 Å². The fourth-order valence-electron chi connectivity index (χ4n) is 3.70. The molecule has 0 bridgehead atoms. The largest absolute Gasteiger partial charge is 0.459 e. The van der Waals surface area contributed by atoms with Crippen molar-refractivity contribution in [2.45, 2.75) is 12.2 Å². The van der Waals surface area contributed by atoms with Gasteiger partial charge in [-0.25, -0.2) is 5.43 Å². The number of amides is 1. The van der Waals surface area contributed by atoms with E-state index in [4.69, 9.17) is 4.42 Å². The average Bonchev–Trinajstić information content (AvgIpc) is 3.28. The molecule has 1 amide bonds. The summed E-state index contributed by atoms with van der Waals surface area (Å²) in [6.45, 7) is 0.724. The van der Waals surface area contributed by atoms with Crippen LogP contribution in [0.2, 0.25) is 0 Å². The van der Waals surface area contributed by atoms with Crippen LogP contribution in [0, 0.1) is 5.92 Å². The Kier molecular flexibility index (Phi) is 3.26. The molecule has 3 atom stereocenters. The topological polar surface area (TPSA) is 78.3 Å². The van der Waals surface area contributed by atoms with Crippen LogP contribution in [0.15, 0.2) is 59.0 Å². The van der Waals surface area contributed by atoms with Gasteiger partial charge in [-0.1, -0.05) is 30.3 Å². The molecular formula is C19H18N4O2. The highest BCUT2D eigenvalue weighted by Crippen LogP contribution is 2.33. The molecule has 0 aliphatic carbocycles. The predicted octanol–water partition coefficient (Wildman–Crippen LogP) is 2.38. The summed E-state index contributed by atoms with van der Waals surface area (Å²) in [7, 11) is 0. The number of hydrazine groups is 1. The first-order chi connectivity index (χ1) is 12.3. The average molecular weight is 334 g/mol. The maximum absolute atomic E-state index is 12.4. The van der Waals surface area contributed by atoms with E-state index in [1.807, 2.05) is 48.5 Å². The van der Waals surface area contributed by atoms with Crippen molar-refractivity contribution in [3.05, 3.63) is 65.9 Å². The van der Waals surface area contributed by atoms with E-state index in [1.165, 1.54) is 0 Å². The van der Waals surface area contributed by atoms with Crippen LogP contribution >= 0.6 is 0 Å². The maximum Gasteiger partial charge on any atom is 0.254 e. The van der Waals surface area contributed by atoms with E-state index in [0.29, 0.717) is 5.56 Å². The minimum atomic E-state index is -0.178. The molecule has 1 saturated heterocycles. The third kappa shape index (κ3) is 2.38. The maximum atomic E-state index is 12.4. The molecule has 6 nitrogen and oxygen atoms in total. The number of para-hydroxylation sites is 2. The molecule has 3 unspecified atom stereocenters. The number of hydrogen-bond donors (Lipinski definition) is 4. The molecule has 6 heteroatoms. The summed E-state index contributed by atoms with van der Waals surface area (Å²) >= 11 is 0. The fourth-order valence-corrected chi connectivity index (χ4v) is 3.70. The minimum Gasteiger partial charge on any atom is -0.459 e. The van der Waals surface area contributed by atoms with Crippen LogP contribution in [0.25, 0.3) is 11.0 Å². The molecule has 1 aromatic heterocycles. The lowest BCUT2D eigenvalue weighted by atomic mass is 9.94. The second kappa shape index (κ2) is 5.61. The van der Waals surface area contributed by atoms with Crippen LogP contribution in [-0.2, 0) is 0 Å². The first-order valence-corrected chi connectivity index (χ1v) is 8.43. The third-order valence-electron chi connectivity index (χ3n) is 4.97. The summed E-state index contributed by atoms with van der Waals surface area (Å²) in [4.78, 5) is 12.4. The van der Waals surface area contributed by atoms with Crippen molar-refractivity contribution >= 4 is 22.6 Å². The molecule has 3 aromatic rings. The summed E-state index contributed by atoms with van der Waals surface area (Å²) in [5.74, 6) is 0.929. The first kappa shape index (κ1) is 14.5. The standard InChI is InChI=1S/C19H18N4O2/c24-19-12-6-2-3-7-14(12)21-18(22-19)13-10-20-23-17(13)16-9-11-5-1-4-8-15(11)25-16/h1-9,13,17-18,20-21,23H,10H2,(H,22,24). The molecule has 126 valence electrons. The van der Waals surface area contributed by atoms with E-state index in [2.05, 4.69) is 27.6 Å². The minimum absolute atomic E-state index is 0.0320. The Bertz CT molecular complexity index is 918. The Morgan fingerprint density at radius 1 is 1.00 bits per heavy atom. The van der Waals surface area contributed by atoms with Gasteiger partial charge < -0.3 is 15.1 Å². The van der Waals surface area contributed by atoms with Crippen LogP contribution in [0.4, 0.5) is 5.69 Å². The Balaban J connectivity index is 1.46. The first-order valence-electron chi connectivity index (χ1n) is 8.43. The molecule has 3 heterocycles. The molecule has 2 aliphatic rings. The van der Waals surface area contributed by atoms with Crippen LogP contribution in [0.3, 0.4) is 0 Å². The van der Waals surface area contributed by atoms with Gasteiger partial charge in [0.2, 0.25) is 0 Å². The summed E-state index contributed by atoms with van der Waals surface area (Å²) in [5, 5.41) is 7.61. The highest BCUT2D eigenvalue weighted by atomic mass is 16.3. The van der Waals surface area contributed by atoms with Crippen molar-refractivity contribution in [3.8, 4) is 0 Å². The van der Waals surface area contributed by atoms with Crippen molar-refractivity contribution in [2.24, 2.45) is 5.92 Å². The number of benzene rings is 2.